The van der Waals surface area contributed by atoms with Gasteiger partial charge in [0.1, 0.15) is 6.17 Å². The summed E-state index contributed by atoms with van der Waals surface area (Å²) in [6.07, 6.45) is 1.08. The molecule has 0 rings (SSSR count). The molecule has 0 saturated heterocycles. The maximum absolute atomic E-state index is 4.03. The van der Waals surface area contributed by atoms with Crippen LogP contribution in [0.25, 0.3) is 0 Å². The standard InChI is InChI=1S/C7H16N4/c1-8-5-4-7(10-3)11-6-9-2/h7-8,10H,4-5H2,1-3H3. The minimum atomic E-state index is 0.131. The van der Waals surface area contributed by atoms with E-state index in [4.69, 9.17) is 0 Å². The molecule has 64 valence electrons. The molecule has 1 unspecified atom stereocenters. The van der Waals surface area contributed by atoms with E-state index >= 15 is 0 Å². The predicted molar refractivity (Wildman–Crippen MR) is 47.2 cm³/mol. The van der Waals surface area contributed by atoms with E-state index < -0.39 is 0 Å². The van der Waals surface area contributed by atoms with Gasteiger partial charge in [-0.1, -0.05) is 0 Å². The predicted octanol–water partition coefficient (Wildman–Crippen LogP) is -0.0549. The van der Waals surface area contributed by atoms with Crippen molar-refractivity contribution >= 4 is 6.01 Å². The third-order valence-corrected chi connectivity index (χ3v) is 1.31. The van der Waals surface area contributed by atoms with Crippen LogP contribution in [0.15, 0.2) is 9.98 Å². The quantitative estimate of drug-likeness (QED) is 0.548. The lowest BCUT2D eigenvalue weighted by molar-refractivity contribution is 0.531. The van der Waals surface area contributed by atoms with Crippen molar-refractivity contribution in [3.05, 3.63) is 0 Å². The molecule has 0 aliphatic heterocycles. The molecule has 0 saturated carbocycles. The monoisotopic (exact) mass is 156 g/mol. The maximum Gasteiger partial charge on any atom is 0.111 e. The van der Waals surface area contributed by atoms with Crippen LogP contribution in [0.2, 0.25) is 0 Å². The van der Waals surface area contributed by atoms with Gasteiger partial charge >= 0.3 is 0 Å². The first-order valence-corrected chi connectivity index (χ1v) is 3.70. The zero-order valence-corrected chi connectivity index (χ0v) is 7.39. The highest BCUT2D eigenvalue weighted by molar-refractivity contribution is 5.40. The Morgan fingerprint density at radius 2 is 2.18 bits per heavy atom. The number of hydrogen-bond acceptors (Lipinski definition) is 4. The van der Waals surface area contributed by atoms with Gasteiger partial charge < -0.3 is 5.32 Å². The summed E-state index contributed by atoms with van der Waals surface area (Å²) in [5.41, 5.74) is 0. The molecule has 0 aromatic rings. The van der Waals surface area contributed by atoms with Crippen molar-refractivity contribution in [2.45, 2.75) is 12.6 Å². The van der Waals surface area contributed by atoms with Gasteiger partial charge in [-0.25, -0.2) is 9.98 Å². The Kier molecular flexibility index (Phi) is 6.94. The average Bonchev–Trinajstić information content (AvgIpc) is 2.05. The summed E-state index contributed by atoms with van der Waals surface area (Å²) in [4.78, 5) is 7.68. The number of rotatable bonds is 5. The Hall–Kier alpha value is -0.700. The van der Waals surface area contributed by atoms with Gasteiger partial charge in [0.05, 0.1) is 6.01 Å². The van der Waals surface area contributed by atoms with Gasteiger partial charge in [-0.2, -0.15) is 0 Å². The van der Waals surface area contributed by atoms with Gasteiger partial charge in [0, 0.05) is 7.05 Å². The first-order valence-electron chi connectivity index (χ1n) is 3.70. The molecule has 0 fully saturated rings. The van der Waals surface area contributed by atoms with Gasteiger partial charge in [-0.15, -0.1) is 0 Å². The molecular weight excluding hydrogens is 140 g/mol. The van der Waals surface area contributed by atoms with Crippen molar-refractivity contribution in [1.82, 2.24) is 10.6 Å². The van der Waals surface area contributed by atoms with Crippen molar-refractivity contribution in [1.29, 1.82) is 0 Å². The van der Waals surface area contributed by atoms with Crippen LogP contribution in [-0.4, -0.2) is 39.9 Å². The number of aliphatic imine (C=N–C) groups is 2. The van der Waals surface area contributed by atoms with E-state index in [-0.39, 0.29) is 6.17 Å². The zero-order chi connectivity index (χ0) is 8.53. The van der Waals surface area contributed by atoms with Crippen molar-refractivity contribution in [2.75, 3.05) is 27.7 Å². The van der Waals surface area contributed by atoms with Gasteiger partial charge in [-0.05, 0) is 27.1 Å². The Labute approximate surface area is 67.8 Å². The Balaban J connectivity index is 3.66. The second-order valence-electron chi connectivity index (χ2n) is 2.15. The van der Waals surface area contributed by atoms with Crippen LogP contribution < -0.4 is 10.6 Å². The van der Waals surface area contributed by atoms with Crippen LogP contribution in [0.4, 0.5) is 0 Å². The molecule has 1 atom stereocenters. The van der Waals surface area contributed by atoms with E-state index in [9.17, 15) is 0 Å². The molecule has 11 heavy (non-hydrogen) atoms. The minimum Gasteiger partial charge on any atom is -0.320 e. The molecule has 0 aromatic carbocycles. The van der Waals surface area contributed by atoms with Crippen LogP contribution in [0.5, 0.6) is 0 Å². The first kappa shape index (κ1) is 10.3. The fourth-order valence-corrected chi connectivity index (χ4v) is 0.682. The molecule has 0 amide bonds. The SMILES string of the molecule is CN=C=NC(CCNC)NC. The fourth-order valence-electron chi connectivity index (χ4n) is 0.682. The minimum absolute atomic E-state index is 0.131. The highest BCUT2D eigenvalue weighted by atomic mass is 15.1. The summed E-state index contributed by atoms with van der Waals surface area (Å²) in [6, 6.07) is 2.57. The molecule has 0 heterocycles. The topological polar surface area (TPSA) is 48.8 Å². The summed E-state index contributed by atoms with van der Waals surface area (Å²) < 4.78 is 0. The maximum atomic E-state index is 4.03. The highest BCUT2D eigenvalue weighted by Crippen LogP contribution is 1.88. The first-order chi connectivity index (χ1) is 5.35. The Morgan fingerprint density at radius 1 is 1.45 bits per heavy atom. The molecular formula is C7H16N4. The van der Waals surface area contributed by atoms with Crippen LogP contribution in [0.1, 0.15) is 6.42 Å². The van der Waals surface area contributed by atoms with Crippen molar-refractivity contribution < 1.29 is 0 Å². The second-order valence-corrected chi connectivity index (χ2v) is 2.15. The van der Waals surface area contributed by atoms with E-state index in [1.54, 1.807) is 7.05 Å². The van der Waals surface area contributed by atoms with Crippen LogP contribution >= 0.6 is 0 Å². The molecule has 0 aromatic heterocycles. The van der Waals surface area contributed by atoms with E-state index in [2.05, 4.69) is 26.6 Å². The van der Waals surface area contributed by atoms with Gasteiger partial charge in [-0.3, -0.25) is 5.32 Å². The Bertz CT molecular complexity index is 137. The van der Waals surface area contributed by atoms with Gasteiger partial charge in [0.25, 0.3) is 0 Å². The summed E-state index contributed by atoms with van der Waals surface area (Å²) >= 11 is 0. The van der Waals surface area contributed by atoms with Crippen molar-refractivity contribution in [3.8, 4) is 0 Å². The molecule has 0 aliphatic carbocycles. The third-order valence-electron chi connectivity index (χ3n) is 1.31. The van der Waals surface area contributed by atoms with E-state index in [1.165, 1.54) is 0 Å². The average molecular weight is 156 g/mol. The fraction of sp³-hybridized carbons (Fsp3) is 0.857. The summed E-state index contributed by atoms with van der Waals surface area (Å²) in [6.45, 7) is 0.945. The largest absolute Gasteiger partial charge is 0.320 e. The lowest BCUT2D eigenvalue weighted by atomic mass is 10.3. The van der Waals surface area contributed by atoms with E-state index in [0.717, 1.165) is 13.0 Å². The molecule has 0 aliphatic rings. The highest BCUT2D eigenvalue weighted by Gasteiger charge is 1.99. The Morgan fingerprint density at radius 3 is 2.64 bits per heavy atom. The molecule has 4 nitrogen and oxygen atoms in total. The van der Waals surface area contributed by atoms with Crippen molar-refractivity contribution in [3.63, 3.8) is 0 Å². The summed E-state index contributed by atoms with van der Waals surface area (Å²) in [5, 5.41) is 6.09. The lowest BCUT2D eigenvalue weighted by Crippen LogP contribution is -2.26. The molecule has 2 N–H and O–H groups in total. The second kappa shape index (κ2) is 7.41. The zero-order valence-electron chi connectivity index (χ0n) is 7.39. The van der Waals surface area contributed by atoms with E-state index in [1.807, 2.05) is 14.1 Å². The van der Waals surface area contributed by atoms with Crippen LogP contribution in [0.3, 0.4) is 0 Å². The van der Waals surface area contributed by atoms with Gasteiger partial charge in [0.2, 0.25) is 0 Å². The summed E-state index contributed by atoms with van der Waals surface area (Å²) in [7, 11) is 5.46. The molecule has 0 radical (unpaired) electrons. The number of nitrogens with one attached hydrogen (secondary N) is 2. The molecule has 0 spiro atoms. The number of nitrogens with zero attached hydrogens (tertiary/aromatic N) is 2. The van der Waals surface area contributed by atoms with Gasteiger partial charge in [0.15, 0.2) is 0 Å². The normalized spacial score (nSPS) is 11.9. The van der Waals surface area contributed by atoms with Crippen molar-refractivity contribution in [2.24, 2.45) is 9.98 Å². The smallest absolute Gasteiger partial charge is 0.111 e. The van der Waals surface area contributed by atoms with E-state index in [0.29, 0.717) is 0 Å². The summed E-state index contributed by atoms with van der Waals surface area (Å²) in [5.74, 6) is 0. The molecule has 0 bridgehead atoms. The van der Waals surface area contributed by atoms with Crippen LogP contribution in [0, 0.1) is 0 Å². The van der Waals surface area contributed by atoms with Crippen LogP contribution in [-0.2, 0) is 0 Å². The third kappa shape index (κ3) is 5.73. The number of hydrogen-bond donors (Lipinski definition) is 2. The molecule has 4 heteroatoms. The lowest BCUT2D eigenvalue weighted by Gasteiger charge is -2.07.